The molecule has 0 fully saturated rings. The standard InChI is InChI=1S/C29H30N4O2/c1-21-13-15-24(16-14-21)27(31-22(2)34)17-28(35)30-18-26-20-33(19-23-9-5-3-6-10-23)32-29(26)25-11-7-4-8-12-25/h3-16,20,27H,17-19H2,1-2H3,(H,30,35)(H,31,34). The van der Waals surface area contributed by atoms with Gasteiger partial charge in [0, 0.05) is 30.8 Å². The van der Waals surface area contributed by atoms with Crippen molar-refractivity contribution >= 4 is 11.8 Å². The summed E-state index contributed by atoms with van der Waals surface area (Å²) in [5, 5.41) is 10.7. The molecule has 0 spiro atoms. The van der Waals surface area contributed by atoms with Crippen LogP contribution in [-0.2, 0) is 22.7 Å². The van der Waals surface area contributed by atoms with E-state index in [1.807, 2.05) is 90.6 Å². The molecule has 4 rings (SSSR count). The molecule has 1 heterocycles. The van der Waals surface area contributed by atoms with E-state index in [4.69, 9.17) is 5.10 Å². The maximum absolute atomic E-state index is 12.9. The van der Waals surface area contributed by atoms with Crippen LogP contribution in [0.2, 0.25) is 0 Å². The maximum atomic E-state index is 12.9. The molecule has 0 saturated carbocycles. The molecule has 3 aromatic carbocycles. The molecule has 0 bridgehead atoms. The first-order chi connectivity index (χ1) is 17.0. The summed E-state index contributed by atoms with van der Waals surface area (Å²) in [6, 6.07) is 27.6. The van der Waals surface area contributed by atoms with Crippen molar-refractivity contribution in [1.29, 1.82) is 0 Å². The molecular weight excluding hydrogens is 436 g/mol. The Kier molecular flexibility index (Phi) is 7.73. The monoisotopic (exact) mass is 466 g/mol. The molecule has 1 atom stereocenters. The van der Waals surface area contributed by atoms with Gasteiger partial charge in [-0.1, -0.05) is 90.5 Å². The number of carbonyl (C=O) groups excluding carboxylic acids is 2. The van der Waals surface area contributed by atoms with Crippen molar-refractivity contribution in [3.05, 3.63) is 113 Å². The van der Waals surface area contributed by atoms with E-state index in [1.165, 1.54) is 6.92 Å². The van der Waals surface area contributed by atoms with Gasteiger partial charge < -0.3 is 10.6 Å². The quantitative estimate of drug-likeness (QED) is 0.372. The van der Waals surface area contributed by atoms with Crippen LogP contribution in [0.3, 0.4) is 0 Å². The van der Waals surface area contributed by atoms with Gasteiger partial charge >= 0.3 is 0 Å². The molecular formula is C29H30N4O2. The van der Waals surface area contributed by atoms with Crippen LogP contribution in [-0.4, -0.2) is 21.6 Å². The Morgan fingerprint density at radius 1 is 0.914 bits per heavy atom. The minimum absolute atomic E-state index is 0.140. The van der Waals surface area contributed by atoms with Gasteiger partial charge in [-0.25, -0.2) is 0 Å². The molecule has 0 aliphatic heterocycles. The number of aromatic nitrogens is 2. The fraction of sp³-hybridized carbons (Fsp3) is 0.207. The highest BCUT2D eigenvalue weighted by molar-refractivity contribution is 5.79. The molecule has 0 aliphatic carbocycles. The zero-order valence-electron chi connectivity index (χ0n) is 20.1. The first-order valence-electron chi connectivity index (χ1n) is 11.7. The van der Waals surface area contributed by atoms with Gasteiger partial charge in [-0.3, -0.25) is 14.3 Å². The van der Waals surface area contributed by atoms with Crippen molar-refractivity contribution in [3.63, 3.8) is 0 Å². The lowest BCUT2D eigenvalue weighted by atomic mass is 10.0. The first-order valence-corrected chi connectivity index (χ1v) is 11.7. The van der Waals surface area contributed by atoms with Crippen molar-refractivity contribution in [3.8, 4) is 11.3 Å². The predicted molar refractivity (Wildman–Crippen MR) is 137 cm³/mol. The molecule has 0 aliphatic rings. The molecule has 6 heteroatoms. The van der Waals surface area contributed by atoms with Crippen LogP contribution in [0.1, 0.15) is 41.6 Å². The van der Waals surface area contributed by atoms with E-state index >= 15 is 0 Å². The molecule has 4 aromatic rings. The third kappa shape index (κ3) is 6.67. The number of carbonyl (C=O) groups is 2. The zero-order valence-corrected chi connectivity index (χ0v) is 20.1. The highest BCUT2D eigenvalue weighted by Crippen LogP contribution is 2.23. The van der Waals surface area contributed by atoms with Crippen LogP contribution in [0.25, 0.3) is 11.3 Å². The lowest BCUT2D eigenvalue weighted by molar-refractivity contribution is -0.122. The summed E-state index contributed by atoms with van der Waals surface area (Å²) in [6.45, 7) is 4.46. The average Bonchev–Trinajstić information content (AvgIpc) is 3.26. The SMILES string of the molecule is CC(=O)NC(CC(=O)NCc1cn(Cc2ccccc2)nc1-c1ccccc1)c1ccc(C)cc1. The van der Waals surface area contributed by atoms with Gasteiger partial charge in [0.25, 0.3) is 0 Å². The Hall–Kier alpha value is -4.19. The predicted octanol–water partition coefficient (Wildman–Crippen LogP) is 4.79. The smallest absolute Gasteiger partial charge is 0.222 e. The number of nitrogens with one attached hydrogen (secondary N) is 2. The van der Waals surface area contributed by atoms with Gasteiger partial charge in [-0.2, -0.15) is 5.10 Å². The number of aryl methyl sites for hydroxylation is 1. The van der Waals surface area contributed by atoms with Gasteiger partial charge in [0.05, 0.1) is 24.7 Å². The van der Waals surface area contributed by atoms with Crippen LogP contribution in [0.15, 0.2) is 91.1 Å². The van der Waals surface area contributed by atoms with E-state index in [-0.39, 0.29) is 24.3 Å². The Morgan fingerprint density at radius 2 is 1.57 bits per heavy atom. The third-order valence-corrected chi connectivity index (χ3v) is 5.79. The Balaban J connectivity index is 1.49. The molecule has 2 amide bonds. The summed E-state index contributed by atoms with van der Waals surface area (Å²) in [4.78, 5) is 24.7. The van der Waals surface area contributed by atoms with Gasteiger partial charge in [-0.05, 0) is 18.1 Å². The summed E-state index contributed by atoms with van der Waals surface area (Å²) < 4.78 is 1.91. The molecule has 178 valence electrons. The maximum Gasteiger partial charge on any atom is 0.222 e. The summed E-state index contributed by atoms with van der Waals surface area (Å²) in [5.41, 5.74) is 5.97. The lowest BCUT2D eigenvalue weighted by Gasteiger charge is -2.18. The van der Waals surface area contributed by atoms with Gasteiger partial charge in [0.2, 0.25) is 11.8 Å². The summed E-state index contributed by atoms with van der Waals surface area (Å²) in [6.07, 6.45) is 2.14. The number of amides is 2. The molecule has 2 N–H and O–H groups in total. The topological polar surface area (TPSA) is 76.0 Å². The average molecular weight is 467 g/mol. The van der Waals surface area contributed by atoms with Crippen LogP contribution in [0.5, 0.6) is 0 Å². The molecule has 1 unspecified atom stereocenters. The second kappa shape index (κ2) is 11.3. The minimum atomic E-state index is -0.387. The molecule has 0 radical (unpaired) electrons. The summed E-state index contributed by atoms with van der Waals surface area (Å²) in [7, 11) is 0. The molecule has 0 saturated heterocycles. The van der Waals surface area contributed by atoms with E-state index < -0.39 is 0 Å². The third-order valence-electron chi connectivity index (χ3n) is 5.79. The molecule has 35 heavy (non-hydrogen) atoms. The van der Waals surface area contributed by atoms with Crippen molar-refractivity contribution in [1.82, 2.24) is 20.4 Å². The normalized spacial score (nSPS) is 11.6. The van der Waals surface area contributed by atoms with Crippen LogP contribution >= 0.6 is 0 Å². The lowest BCUT2D eigenvalue weighted by Crippen LogP contribution is -2.32. The zero-order chi connectivity index (χ0) is 24.6. The number of benzene rings is 3. The van der Waals surface area contributed by atoms with Crippen LogP contribution < -0.4 is 10.6 Å². The van der Waals surface area contributed by atoms with E-state index in [2.05, 4.69) is 22.8 Å². The number of hydrogen-bond donors (Lipinski definition) is 2. The summed E-state index contributed by atoms with van der Waals surface area (Å²) >= 11 is 0. The number of rotatable bonds is 9. The molecule has 1 aromatic heterocycles. The fourth-order valence-electron chi connectivity index (χ4n) is 4.03. The van der Waals surface area contributed by atoms with E-state index in [0.29, 0.717) is 13.1 Å². The Labute approximate surface area is 206 Å². The highest BCUT2D eigenvalue weighted by atomic mass is 16.2. The van der Waals surface area contributed by atoms with Crippen molar-refractivity contribution in [2.75, 3.05) is 0 Å². The van der Waals surface area contributed by atoms with Crippen LogP contribution in [0.4, 0.5) is 0 Å². The van der Waals surface area contributed by atoms with Gasteiger partial charge in [0.1, 0.15) is 0 Å². The Morgan fingerprint density at radius 3 is 2.23 bits per heavy atom. The van der Waals surface area contributed by atoms with E-state index in [1.54, 1.807) is 0 Å². The highest BCUT2D eigenvalue weighted by Gasteiger charge is 2.18. The number of nitrogens with zero attached hydrogens (tertiary/aromatic N) is 2. The van der Waals surface area contributed by atoms with E-state index in [0.717, 1.165) is 33.5 Å². The van der Waals surface area contributed by atoms with Gasteiger partial charge in [0.15, 0.2) is 0 Å². The fourth-order valence-corrected chi connectivity index (χ4v) is 4.03. The van der Waals surface area contributed by atoms with Crippen molar-refractivity contribution in [2.24, 2.45) is 0 Å². The van der Waals surface area contributed by atoms with E-state index in [9.17, 15) is 9.59 Å². The first kappa shape index (κ1) is 24.0. The second-order valence-electron chi connectivity index (χ2n) is 8.70. The Bertz CT molecular complexity index is 1270. The van der Waals surface area contributed by atoms with Crippen LogP contribution in [0, 0.1) is 6.92 Å². The number of hydrogen-bond acceptors (Lipinski definition) is 3. The minimum Gasteiger partial charge on any atom is -0.352 e. The van der Waals surface area contributed by atoms with Gasteiger partial charge in [-0.15, -0.1) is 0 Å². The largest absolute Gasteiger partial charge is 0.352 e. The summed E-state index contributed by atoms with van der Waals surface area (Å²) in [5.74, 6) is -0.309. The van der Waals surface area contributed by atoms with Crippen molar-refractivity contribution < 1.29 is 9.59 Å². The van der Waals surface area contributed by atoms with Crippen molar-refractivity contribution in [2.45, 2.75) is 39.4 Å². The molecule has 6 nitrogen and oxygen atoms in total. The second-order valence-corrected chi connectivity index (χ2v) is 8.70.